The number of nitrogens with one attached hydrogen (secondary N) is 2. The first kappa shape index (κ1) is 27.5. The van der Waals surface area contributed by atoms with Crippen molar-refractivity contribution in [2.45, 2.75) is 26.8 Å². The zero-order chi connectivity index (χ0) is 28.1. The molecule has 1 amide bonds. The zero-order valence-electron chi connectivity index (χ0n) is 22.8. The van der Waals surface area contributed by atoms with Crippen LogP contribution in [0, 0.1) is 0 Å². The molecule has 0 spiro atoms. The number of thiazole rings is 2. The number of fused-ring (bicyclic) bond motifs is 1. The number of pyridine rings is 1. The molecule has 0 bridgehead atoms. The Bertz CT molecular complexity index is 1560. The number of carbonyl (C=O) groups excluding carboxylic acids is 1. The number of carbonyl (C=O) groups is 1. The van der Waals surface area contributed by atoms with Crippen molar-refractivity contribution < 1.29 is 4.79 Å². The lowest BCUT2D eigenvalue weighted by atomic mass is 10.2. The van der Waals surface area contributed by atoms with Gasteiger partial charge in [-0.15, -0.1) is 22.7 Å². The van der Waals surface area contributed by atoms with Crippen LogP contribution < -0.4 is 10.6 Å². The average Bonchev–Trinajstić information content (AvgIpc) is 3.63. The van der Waals surface area contributed by atoms with Gasteiger partial charge >= 0.3 is 0 Å². The number of allylic oxidation sites excluding steroid dienone is 2. The molecule has 0 unspecified atom stereocenters. The largest absolute Gasteiger partial charge is 0.382 e. The van der Waals surface area contributed by atoms with E-state index in [2.05, 4.69) is 57.1 Å². The standard InChI is InChI=1S/C29H32N8OS2/c1-5-21(8-9-30-4)36-10-12-37(13-11-36)29(38)25-17-39-28(35-25)22-16-31-27(15-24(22)33-19(2)3)34-20-6-7-23-26(14-20)40-18-32-23/h5-9,14-19H,4,10-13H2,1-3H3,(H2,31,33,34)/b9-8-,21-5+. The van der Waals surface area contributed by atoms with Crippen molar-refractivity contribution in [3.63, 3.8) is 0 Å². The van der Waals surface area contributed by atoms with E-state index in [1.165, 1.54) is 11.3 Å². The van der Waals surface area contributed by atoms with Crippen LogP contribution in [0.2, 0.25) is 0 Å². The molecule has 1 fully saturated rings. The fourth-order valence-corrected chi connectivity index (χ4v) is 6.08. The predicted octanol–water partition coefficient (Wildman–Crippen LogP) is 6.25. The summed E-state index contributed by atoms with van der Waals surface area (Å²) in [5, 5.41) is 9.52. The summed E-state index contributed by atoms with van der Waals surface area (Å²) in [6, 6.07) is 8.27. The highest BCUT2D eigenvalue weighted by Gasteiger charge is 2.25. The minimum Gasteiger partial charge on any atom is -0.382 e. The Hall–Kier alpha value is -4.09. The van der Waals surface area contributed by atoms with Crippen molar-refractivity contribution in [2.24, 2.45) is 4.99 Å². The van der Waals surface area contributed by atoms with Gasteiger partial charge in [-0.25, -0.2) is 15.0 Å². The van der Waals surface area contributed by atoms with Gasteiger partial charge in [0.25, 0.3) is 5.91 Å². The number of rotatable bonds is 9. The average molecular weight is 573 g/mol. The molecule has 5 rings (SSSR count). The van der Waals surface area contributed by atoms with Crippen LogP contribution in [0.1, 0.15) is 31.3 Å². The lowest BCUT2D eigenvalue weighted by Crippen LogP contribution is -2.48. The molecule has 1 aromatic carbocycles. The number of anilines is 3. The van der Waals surface area contributed by atoms with Crippen LogP contribution in [0.5, 0.6) is 0 Å². The zero-order valence-corrected chi connectivity index (χ0v) is 24.4. The highest BCUT2D eigenvalue weighted by molar-refractivity contribution is 7.16. The van der Waals surface area contributed by atoms with E-state index in [1.54, 1.807) is 17.5 Å². The maximum Gasteiger partial charge on any atom is 0.273 e. The summed E-state index contributed by atoms with van der Waals surface area (Å²) in [4.78, 5) is 35.0. The Morgan fingerprint density at radius 3 is 2.67 bits per heavy atom. The normalized spacial score (nSPS) is 14.3. The van der Waals surface area contributed by atoms with Crippen LogP contribution in [-0.2, 0) is 0 Å². The number of benzene rings is 1. The third kappa shape index (κ3) is 6.21. The summed E-state index contributed by atoms with van der Waals surface area (Å²) >= 11 is 3.07. The van der Waals surface area contributed by atoms with E-state index in [4.69, 9.17) is 4.98 Å². The fourth-order valence-electron chi connectivity index (χ4n) is 4.54. The highest BCUT2D eigenvalue weighted by Crippen LogP contribution is 2.33. The second-order valence-electron chi connectivity index (χ2n) is 9.60. The lowest BCUT2D eigenvalue weighted by Gasteiger charge is -2.36. The number of hydrogen-bond donors (Lipinski definition) is 2. The third-order valence-corrected chi connectivity index (χ3v) is 8.15. The van der Waals surface area contributed by atoms with Crippen LogP contribution in [-0.4, -0.2) is 69.6 Å². The number of nitrogens with zero attached hydrogens (tertiary/aromatic N) is 6. The monoisotopic (exact) mass is 572 g/mol. The van der Waals surface area contributed by atoms with Gasteiger partial charge in [-0.1, -0.05) is 6.08 Å². The molecule has 1 aliphatic rings. The minimum atomic E-state index is -0.0458. The number of amides is 1. The van der Waals surface area contributed by atoms with E-state index in [0.29, 0.717) is 18.8 Å². The minimum absolute atomic E-state index is 0.0458. The van der Waals surface area contributed by atoms with Gasteiger partial charge in [0.05, 0.1) is 21.3 Å². The molecular formula is C29H32N8OS2. The van der Waals surface area contributed by atoms with Crippen molar-refractivity contribution in [3.8, 4) is 10.6 Å². The van der Waals surface area contributed by atoms with Crippen LogP contribution in [0.25, 0.3) is 20.8 Å². The van der Waals surface area contributed by atoms with Gasteiger partial charge in [0.1, 0.15) is 16.5 Å². The van der Waals surface area contributed by atoms with Gasteiger partial charge in [-0.2, -0.15) is 0 Å². The van der Waals surface area contributed by atoms with Gasteiger partial charge in [0, 0.05) is 73.1 Å². The first-order chi connectivity index (χ1) is 19.4. The van der Waals surface area contributed by atoms with Gasteiger partial charge < -0.3 is 20.4 Å². The quantitative estimate of drug-likeness (QED) is 0.181. The van der Waals surface area contributed by atoms with Crippen molar-refractivity contribution in [1.82, 2.24) is 24.8 Å². The van der Waals surface area contributed by atoms with Crippen LogP contribution >= 0.6 is 22.7 Å². The van der Waals surface area contributed by atoms with Crippen molar-refractivity contribution in [2.75, 3.05) is 36.8 Å². The van der Waals surface area contributed by atoms with E-state index < -0.39 is 0 Å². The molecule has 0 saturated carbocycles. The summed E-state index contributed by atoms with van der Waals surface area (Å²) in [5.41, 5.74) is 7.10. The second kappa shape index (κ2) is 12.4. The number of piperazine rings is 1. The van der Waals surface area contributed by atoms with Gasteiger partial charge in [0.2, 0.25) is 0 Å². The molecule has 2 N–H and O–H groups in total. The summed E-state index contributed by atoms with van der Waals surface area (Å²) in [5.74, 6) is 0.677. The molecule has 3 aromatic heterocycles. The first-order valence-electron chi connectivity index (χ1n) is 13.1. The Labute approximate surface area is 242 Å². The Kier molecular flexibility index (Phi) is 8.51. The summed E-state index contributed by atoms with van der Waals surface area (Å²) in [7, 11) is 0. The topological polar surface area (TPSA) is 98.6 Å². The van der Waals surface area contributed by atoms with Gasteiger partial charge in [-0.05, 0) is 51.8 Å². The molecule has 0 aliphatic carbocycles. The van der Waals surface area contributed by atoms with E-state index in [-0.39, 0.29) is 11.9 Å². The molecule has 11 heteroatoms. The molecule has 0 atom stereocenters. The smallest absolute Gasteiger partial charge is 0.273 e. The Balaban J connectivity index is 1.31. The number of aromatic nitrogens is 3. The molecular weight excluding hydrogens is 541 g/mol. The third-order valence-electron chi connectivity index (χ3n) is 6.48. The van der Waals surface area contributed by atoms with Crippen LogP contribution in [0.4, 0.5) is 17.2 Å². The summed E-state index contributed by atoms with van der Waals surface area (Å²) in [6.45, 7) is 12.4. The first-order valence-corrected chi connectivity index (χ1v) is 14.9. The molecule has 40 heavy (non-hydrogen) atoms. The molecule has 9 nitrogen and oxygen atoms in total. The fraction of sp³-hybridized carbons (Fsp3) is 0.276. The van der Waals surface area contributed by atoms with E-state index in [9.17, 15) is 4.79 Å². The molecule has 206 valence electrons. The highest BCUT2D eigenvalue weighted by atomic mass is 32.1. The van der Waals surface area contributed by atoms with Crippen molar-refractivity contribution in [3.05, 3.63) is 71.1 Å². The van der Waals surface area contributed by atoms with Gasteiger partial charge in [0.15, 0.2) is 0 Å². The summed E-state index contributed by atoms with van der Waals surface area (Å²) in [6.07, 6.45) is 7.48. The molecule has 4 heterocycles. The Morgan fingerprint density at radius 2 is 1.93 bits per heavy atom. The molecule has 0 radical (unpaired) electrons. The SMILES string of the molecule is C=N/C=C\C(=C/C)N1CCN(C(=O)c2csc(-c3cnc(Nc4ccc5ncsc5c4)cc3NC(C)C)n2)CC1. The molecule has 1 aliphatic heterocycles. The van der Waals surface area contributed by atoms with E-state index in [1.807, 2.05) is 59.3 Å². The second-order valence-corrected chi connectivity index (χ2v) is 11.3. The maximum atomic E-state index is 13.3. The van der Waals surface area contributed by atoms with Crippen LogP contribution in [0.3, 0.4) is 0 Å². The van der Waals surface area contributed by atoms with Gasteiger partial charge in [-0.3, -0.25) is 9.79 Å². The summed E-state index contributed by atoms with van der Waals surface area (Å²) < 4.78 is 1.12. The van der Waals surface area contributed by atoms with Crippen LogP contribution in [0.15, 0.2) is 70.4 Å². The van der Waals surface area contributed by atoms with Crippen molar-refractivity contribution >= 4 is 62.7 Å². The van der Waals surface area contributed by atoms with E-state index >= 15 is 0 Å². The van der Waals surface area contributed by atoms with E-state index in [0.717, 1.165) is 56.8 Å². The maximum absolute atomic E-state index is 13.3. The predicted molar refractivity (Wildman–Crippen MR) is 167 cm³/mol. The number of aliphatic imine (C=N–C) groups is 1. The lowest BCUT2D eigenvalue weighted by molar-refractivity contribution is 0.0667. The number of hydrogen-bond acceptors (Lipinski definition) is 10. The molecule has 1 saturated heterocycles. The van der Waals surface area contributed by atoms with Crippen molar-refractivity contribution in [1.29, 1.82) is 0 Å². The molecule has 4 aromatic rings. The Morgan fingerprint density at radius 1 is 1.12 bits per heavy atom.